The number of aromatic amines is 1. The Morgan fingerprint density at radius 1 is 1.50 bits per heavy atom. The fourth-order valence-corrected chi connectivity index (χ4v) is 1.78. The first-order valence-corrected chi connectivity index (χ1v) is 6.08. The lowest BCUT2D eigenvalue weighted by Crippen LogP contribution is -2.35. The fraction of sp³-hybridized carbons (Fsp3) is 0.308. The Labute approximate surface area is 114 Å². The third kappa shape index (κ3) is 3.01. The molecule has 0 fully saturated rings. The second kappa shape index (κ2) is 6.27. The first-order valence-electron chi connectivity index (χ1n) is 6.08. The molecular formula is C13H15N3O4. The van der Waals surface area contributed by atoms with E-state index in [1.165, 1.54) is 10.8 Å². The molecule has 7 nitrogen and oxygen atoms in total. The Hall–Kier alpha value is -2.25. The van der Waals surface area contributed by atoms with Crippen LogP contribution in [0.25, 0.3) is 0 Å². The first-order chi connectivity index (χ1) is 9.63. The summed E-state index contributed by atoms with van der Waals surface area (Å²) in [7, 11) is 0. The van der Waals surface area contributed by atoms with Gasteiger partial charge in [-0.25, -0.2) is 4.79 Å². The molecule has 0 aliphatic carbocycles. The molecule has 0 aliphatic rings. The Balaban J connectivity index is 2.49. The van der Waals surface area contributed by atoms with Crippen LogP contribution in [-0.4, -0.2) is 32.9 Å². The smallest absolute Gasteiger partial charge is 0.330 e. The second-order valence-corrected chi connectivity index (χ2v) is 4.21. The van der Waals surface area contributed by atoms with Crippen molar-refractivity contribution in [2.24, 2.45) is 0 Å². The molecule has 2 rings (SSSR count). The molecule has 1 unspecified atom stereocenters. The Bertz CT molecular complexity index is 678. The van der Waals surface area contributed by atoms with Gasteiger partial charge in [0.25, 0.3) is 5.56 Å². The van der Waals surface area contributed by atoms with Gasteiger partial charge < -0.3 is 9.84 Å². The number of aliphatic hydroxyl groups excluding tert-OH is 1. The van der Waals surface area contributed by atoms with Gasteiger partial charge in [0.2, 0.25) is 0 Å². The first kappa shape index (κ1) is 14.2. The summed E-state index contributed by atoms with van der Waals surface area (Å²) in [5.41, 5.74) is 0.0336. The number of aryl methyl sites for hydroxylation is 1. The van der Waals surface area contributed by atoms with Crippen LogP contribution in [0.5, 0.6) is 0 Å². The van der Waals surface area contributed by atoms with E-state index in [-0.39, 0.29) is 13.2 Å². The van der Waals surface area contributed by atoms with Crippen LogP contribution in [0.4, 0.5) is 0 Å². The zero-order chi connectivity index (χ0) is 14.5. The highest BCUT2D eigenvalue weighted by atomic mass is 16.5. The molecule has 2 heterocycles. The van der Waals surface area contributed by atoms with Crippen LogP contribution in [-0.2, 0) is 4.74 Å². The van der Waals surface area contributed by atoms with Crippen LogP contribution in [0.3, 0.4) is 0 Å². The zero-order valence-corrected chi connectivity index (χ0v) is 10.9. The van der Waals surface area contributed by atoms with Crippen LogP contribution < -0.4 is 11.2 Å². The van der Waals surface area contributed by atoms with E-state index in [0.717, 1.165) is 0 Å². The third-order valence-corrected chi connectivity index (χ3v) is 2.74. The van der Waals surface area contributed by atoms with Crippen molar-refractivity contribution in [2.75, 3.05) is 13.2 Å². The molecule has 7 heteroatoms. The average Bonchev–Trinajstić information content (AvgIpc) is 2.45. The lowest BCUT2D eigenvalue weighted by atomic mass is 10.2. The summed E-state index contributed by atoms with van der Waals surface area (Å²) in [4.78, 5) is 29.5. The van der Waals surface area contributed by atoms with Gasteiger partial charge in [0.1, 0.15) is 0 Å². The van der Waals surface area contributed by atoms with E-state index in [9.17, 15) is 9.59 Å². The maximum atomic E-state index is 11.9. The molecule has 0 radical (unpaired) electrons. The number of aliphatic hydroxyl groups is 1. The molecule has 106 valence electrons. The van der Waals surface area contributed by atoms with Crippen LogP contribution >= 0.6 is 0 Å². The molecule has 0 aliphatic heterocycles. The van der Waals surface area contributed by atoms with Gasteiger partial charge in [0.05, 0.1) is 13.2 Å². The van der Waals surface area contributed by atoms with Crippen molar-refractivity contribution < 1.29 is 9.84 Å². The number of H-pyrrole nitrogens is 1. The number of rotatable bonds is 5. The van der Waals surface area contributed by atoms with E-state index in [1.54, 1.807) is 31.5 Å². The Morgan fingerprint density at radius 3 is 2.95 bits per heavy atom. The number of nitrogens with one attached hydrogen (secondary N) is 1. The molecule has 0 saturated carbocycles. The van der Waals surface area contributed by atoms with Gasteiger partial charge in [-0.3, -0.25) is 19.3 Å². The van der Waals surface area contributed by atoms with E-state index in [4.69, 9.17) is 9.84 Å². The van der Waals surface area contributed by atoms with Crippen molar-refractivity contribution in [3.63, 3.8) is 0 Å². The van der Waals surface area contributed by atoms with E-state index in [0.29, 0.717) is 11.1 Å². The van der Waals surface area contributed by atoms with Crippen molar-refractivity contribution in [3.05, 3.63) is 62.7 Å². The number of aromatic nitrogens is 3. The molecule has 0 bridgehead atoms. The van der Waals surface area contributed by atoms with Gasteiger partial charge in [0.15, 0.2) is 6.23 Å². The molecule has 0 aromatic carbocycles. The normalized spacial score (nSPS) is 12.3. The standard InChI is InChI=1S/C13H15N3O4/c1-9-8-16(13(19)15-11(9)18)12(20-6-5-17)10-3-2-4-14-7-10/h2-4,7-8,12,17H,5-6H2,1H3,(H,15,18,19). The van der Waals surface area contributed by atoms with Crippen molar-refractivity contribution in [1.82, 2.24) is 14.5 Å². The second-order valence-electron chi connectivity index (χ2n) is 4.21. The third-order valence-electron chi connectivity index (χ3n) is 2.74. The van der Waals surface area contributed by atoms with Crippen molar-refractivity contribution in [2.45, 2.75) is 13.2 Å². The molecule has 20 heavy (non-hydrogen) atoms. The molecule has 1 atom stereocenters. The summed E-state index contributed by atoms with van der Waals surface area (Å²) < 4.78 is 6.76. The van der Waals surface area contributed by atoms with E-state index >= 15 is 0 Å². The molecular weight excluding hydrogens is 262 g/mol. The van der Waals surface area contributed by atoms with Gasteiger partial charge in [-0.05, 0) is 13.0 Å². The summed E-state index contributed by atoms with van der Waals surface area (Å²) in [5.74, 6) is 0. The van der Waals surface area contributed by atoms with Crippen molar-refractivity contribution in [1.29, 1.82) is 0 Å². The minimum atomic E-state index is -0.751. The van der Waals surface area contributed by atoms with Crippen LogP contribution in [0, 0.1) is 6.92 Å². The van der Waals surface area contributed by atoms with E-state index in [1.807, 2.05) is 0 Å². The average molecular weight is 277 g/mol. The molecule has 2 aromatic heterocycles. The number of pyridine rings is 1. The largest absolute Gasteiger partial charge is 0.394 e. The van der Waals surface area contributed by atoms with Gasteiger partial charge in [-0.2, -0.15) is 0 Å². The molecule has 0 saturated heterocycles. The number of ether oxygens (including phenoxy) is 1. The van der Waals surface area contributed by atoms with Gasteiger partial charge in [0, 0.05) is 29.7 Å². The highest BCUT2D eigenvalue weighted by molar-refractivity contribution is 5.14. The highest BCUT2D eigenvalue weighted by Gasteiger charge is 2.16. The highest BCUT2D eigenvalue weighted by Crippen LogP contribution is 2.16. The molecule has 0 amide bonds. The lowest BCUT2D eigenvalue weighted by molar-refractivity contribution is 0.00766. The van der Waals surface area contributed by atoms with E-state index in [2.05, 4.69) is 9.97 Å². The fourth-order valence-electron chi connectivity index (χ4n) is 1.78. The Morgan fingerprint density at radius 2 is 2.30 bits per heavy atom. The monoisotopic (exact) mass is 277 g/mol. The Kier molecular flexibility index (Phi) is 4.44. The van der Waals surface area contributed by atoms with E-state index < -0.39 is 17.5 Å². The summed E-state index contributed by atoms with van der Waals surface area (Å²) in [6.45, 7) is 1.49. The van der Waals surface area contributed by atoms with Crippen LogP contribution in [0.1, 0.15) is 17.4 Å². The lowest BCUT2D eigenvalue weighted by Gasteiger charge is -2.20. The molecule has 2 N–H and O–H groups in total. The maximum Gasteiger partial charge on any atom is 0.330 e. The quantitative estimate of drug-likeness (QED) is 0.788. The number of nitrogens with zero attached hydrogens (tertiary/aromatic N) is 2. The summed E-state index contributed by atoms with van der Waals surface area (Å²) >= 11 is 0. The minimum Gasteiger partial charge on any atom is -0.394 e. The number of hydrogen-bond acceptors (Lipinski definition) is 5. The maximum absolute atomic E-state index is 11.9. The van der Waals surface area contributed by atoms with Crippen LogP contribution in [0.2, 0.25) is 0 Å². The number of hydrogen-bond donors (Lipinski definition) is 2. The SMILES string of the molecule is Cc1cn(C(OCCO)c2cccnc2)c(=O)[nH]c1=O. The zero-order valence-electron chi connectivity index (χ0n) is 10.9. The summed E-state index contributed by atoms with van der Waals surface area (Å²) in [6, 6.07) is 3.47. The minimum absolute atomic E-state index is 0.0597. The van der Waals surface area contributed by atoms with Gasteiger partial charge in [-0.1, -0.05) is 6.07 Å². The predicted molar refractivity (Wildman–Crippen MR) is 71.5 cm³/mol. The van der Waals surface area contributed by atoms with Gasteiger partial charge >= 0.3 is 5.69 Å². The van der Waals surface area contributed by atoms with Crippen LogP contribution in [0.15, 0.2) is 40.3 Å². The molecule has 0 spiro atoms. The summed E-state index contributed by atoms with van der Waals surface area (Å²) in [5, 5.41) is 8.89. The van der Waals surface area contributed by atoms with Crippen molar-refractivity contribution in [3.8, 4) is 0 Å². The topological polar surface area (TPSA) is 97.2 Å². The summed E-state index contributed by atoms with van der Waals surface area (Å²) in [6.07, 6.45) is 3.84. The van der Waals surface area contributed by atoms with Crippen molar-refractivity contribution >= 4 is 0 Å². The predicted octanol–water partition coefficient (Wildman–Crippen LogP) is -0.204. The molecule has 2 aromatic rings. The van der Waals surface area contributed by atoms with Gasteiger partial charge in [-0.15, -0.1) is 0 Å².